The number of phenols is 1. The van der Waals surface area contributed by atoms with Crippen molar-refractivity contribution in [3.8, 4) is 17.4 Å². The van der Waals surface area contributed by atoms with Gasteiger partial charge in [-0.1, -0.05) is 15.9 Å². The molecule has 0 aliphatic carbocycles. The molecule has 0 spiro atoms. The summed E-state index contributed by atoms with van der Waals surface area (Å²) in [5.74, 6) is -0.678. The summed E-state index contributed by atoms with van der Waals surface area (Å²) in [7, 11) is 2.65. The smallest absolute Gasteiger partial charge is 0.350 e. The van der Waals surface area contributed by atoms with E-state index in [1.807, 2.05) is 0 Å². The summed E-state index contributed by atoms with van der Waals surface area (Å²) in [5.41, 5.74) is 2.24. The third kappa shape index (κ3) is 4.53. The second-order valence-electron chi connectivity index (χ2n) is 5.22. The lowest BCUT2D eigenvalue weighted by molar-refractivity contribution is -0.385. The average Bonchev–Trinajstić information content (AvgIpc) is 3.08. The van der Waals surface area contributed by atoms with Crippen molar-refractivity contribution < 1.29 is 24.3 Å². The highest BCUT2D eigenvalue weighted by atomic mass is 79.9. The van der Waals surface area contributed by atoms with Gasteiger partial charge >= 0.3 is 11.6 Å². The fourth-order valence-electron chi connectivity index (χ4n) is 2.06. The largest absolute Gasteiger partial charge is 0.504 e. The minimum absolute atomic E-state index is 0.140. The molecule has 11 nitrogen and oxygen atoms in total. The van der Waals surface area contributed by atoms with E-state index in [4.69, 9.17) is 9.47 Å². The molecule has 1 heterocycles. The summed E-state index contributed by atoms with van der Waals surface area (Å²) in [4.78, 5) is 22.5. The van der Waals surface area contributed by atoms with Crippen LogP contribution in [0.2, 0.25) is 0 Å². The number of carbonyl (C=O) groups is 1. The number of ether oxygens (including phenoxy) is 2. The Morgan fingerprint density at radius 3 is 2.74 bits per heavy atom. The Morgan fingerprint density at radius 1 is 1.48 bits per heavy atom. The Labute approximate surface area is 161 Å². The Hall–Kier alpha value is -3.15. The molecule has 0 saturated carbocycles. The Balaban J connectivity index is 2.13. The Bertz CT molecular complexity index is 897. The highest BCUT2D eigenvalue weighted by molar-refractivity contribution is 9.10. The van der Waals surface area contributed by atoms with Crippen LogP contribution in [0.1, 0.15) is 18.5 Å². The van der Waals surface area contributed by atoms with Gasteiger partial charge in [0, 0.05) is 10.0 Å². The van der Waals surface area contributed by atoms with Gasteiger partial charge in [-0.2, -0.15) is 5.10 Å². The van der Waals surface area contributed by atoms with E-state index in [0.29, 0.717) is 10.0 Å². The summed E-state index contributed by atoms with van der Waals surface area (Å²) in [5, 5.41) is 28.6. The molecule has 2 rings (SSSR count). The maximum absolute atomic E-state index is 12.2. The zero-order valence-corrected chi connectivity index (χ0v) is 16.1. The number of benzene rings is 1. The Kier molecular flexibility index (Phi) is 6.34. The molecular formula is C15H16BrN5O6. The fourth-order valence-corrected chi connectivity index (χ4v) is 2.52. The number of hydrogen-bond acceptors (Lipinski definition) is 8. The molecule has 0 fully saturated rings. The van der Waals surface area contributed by atoms with Crippen molar-refractivity contribution in [2.75, 3.05) is 14.2 Å². The molecule has 1 atom stereocenters. The number of nitro groups is 1. The number of amides is 1. The SMILES string of the molecule is COc1cc(Br)cc(C=NNC(=O)[C@@H](C)n2cc([N+](=O)[O-])c(OC)n2)c1O. The maximum atomic E-state index is 12.2. The van der Waals surface area contributed by atoms with E-state index in [1.165, 1.54) is 27.4 Å². The molecule has 1 aromatic heterocycles. The molecule has 0 bridgehead atoms. The van der Waals surface area contributed by atoms with Crippen LogP contribution in [0.15, 0.2) is 27.9 Å². The van der Waals surface area contributed by atoms with Crippen LogP contribution in [0, 0.1) is 10.1 Å². The van der Waals surface area contributed by atoms with Crippen molar-refractivity contribution in [1.29, 1.82) is 0 Å². The summed E-state index contributed by atoms with van der Waals surface area (Å²) < 4.78 is 11.6. The highest BCUT2D eigenvalue weighted by Gasteiger charge is 2.25. The van der Waals surface area contributed by atoms with Crippen LogP contribution in [0.3, 0.4) is 0 Å². The van der Waals surface area contributed by atoms with Gasteiger partial charge in [-0.25, -0.2) is 10.1 Å². The van der Waals surface area contributed by atoms with Gasteiger partial charge in [-0.15, -0.1) is 5.10 Å². The number of hydrazone groups is 1. The van der Waals surface area contributed by atoms with Gasteiger partial charge in [0.25, 0.3) is 5.91 Å². The third-order valence-corrected chi connectivity index (χ3v) is 3.97. The molecule has 144 valence electrons. The number of nitrogens with one attached hydrogen (secondary N) is 1. The lowest BCUT2D eigenvalue weighted by Crippen LogP contribution is -2.27. The van der Waals surface area contributed by atoms with E-state index in [-0.39, 0.29) is 23.1 Å². The molecule has 0 unspecified atom stereocenters. The molecule has 1 amide bonds. The first-order chi connectivity index (χ1) is 12.8. The first kappa shape index (κ1) is 20.2. The van der Waals surface area contributed by atoms with Crippen molar-refractivity contribution in [3.05, 3.63) is 38.5 Å². The van der Waals surface area contributed by atoms with Crippen LogP contribution in [-0.4, -0.2) is 46.2 Å². The van der Waals surface area contributed by atoms with Crippen LogP contribution in [0.4, 0.5) is 5.69 Å². The van der Waals surface area contributed by atoms with Crippen molar-refractivity contribution in [2.45, 2.75) is 13.0 Å². The van der Waals surface area contributed by atoms with Crippen LogP contribution in [0.25, 0.3) is 0 Å². The van der Waals surface area contributed by atoms with Crippen molar-refractivity contribution in [3.63, 3.8) is 0 Å². The van der Waals surface area contributed by atoms with Gasteiger partial charge in [-0.3, -0.25) is 14.9 Å². The highest BCUT2D eigenvalue weighted by Crippen LogP contribution is 2.32. The van der Waals surface area contributed by atoms with Gasteiger partial charge in [0.15, 0.2) is 11.5 Å². The molecule has 2 N–H and O–H groups in total. The number of methoxy groups -OCH3 is 2. The van der Waals surface area contributed by atoms with Gasteiger partial charge in [0.05, 0.1) is 25.4 Å². The minimum Gasteiger partial charge on any atom is -0.504 e. The maximum Gasteiger partial charge on any atom is 0.350 e. The van der Waals surface area contributed by atoms with Gasteiger partial charge in [0.2, 0.25) is 0 Å². The van der Waals surface area contributed by atoms with E-state index in [2.05, 4.69) is 31.6 Å². The van der Waals surface area contributed by atoms with Crippen molar-refractivity contribution in [2.24, 2.45) is 5.10 Å². The zero-order chi connectivity index (χ0) is 20.1. The quantitative estimate of drug-likeness (QED) is 0.380. The zero-order valence-electron chi connectivity index (χ0n) is 14.5. The molecule has 0 aliphatic rings. The van der Waals surface area contributed by atoms with Crippen LogP contribution >= 0.6 is 15.9 Å². The second-order valence-corrected chi connectivity index (χ2v) is 6.13. The first-order valence-electron chi connectivity index (χ1n) is 7.45. The van der Waals surface area contributed by atoms with Crippen molar-refractivity contribution in [1.82, 2.24) is 15.2 Å². The first-order valence-corrected chi connectivity index (χ1v) is 8.24. The second kappa shape index (κ2) is 8.49. The van der Waals surface area contributed by atoms with Gasteiger partial charge in [-0.05, 0) is 19.1 Å². The van der Waals surface area contributed by atoms with E-state index in [9.17, 15) is 20.0 Å². The number of aromatic nitrogens is 2. The molecule has 0 saturated heterocycles. The van der Waals surface area contributed by atoms with E-state index >= 15 is 0 Å². The lowest BCUT2D eigenvalue weighted by atomic mass is 10.2. The topological polar surface area (TPSA) is 141 Å². The van der Waals surface area contributed by atoms with Crippen molar-refractivity contribution >= 4 is 33.7 Å². The minimum atomic E-state index is -0.893. The molecule has 1 aromatic carbocycles. The predicted molar refractivity (Wildman–Crippen MR) is 98.2 cm³/mol. The number of aromatic hydroxyl groups is 1. The summed E-state index contributed by atoms with van der Waals surface area (Å²) in [6, 6.07) is 2.26. The number of hydrogen-bond donors (Lipinski definition) is 2. The fraction of sp³-hybridized carbons (Fsp3) is 0.267. The van der Waals surface area contributed by atoms with Gasteiger partial charge in [0.1, 0.15) is 12.2 Å². The van der Waals surface area contributed by atoms with Crippen LogP contribution in [0.5, 0.6) is 17.4 Å². The number of nitrogens with zero attached hydrogens (tertiary/aromatic N) is 4. The number of carbonyl (C=O) groups excluding carboxylic acids is 1. The summed E-state index contributed by atoms with van der Waals surface area (Å²) >= 11 is 3.27. The number of rotatable bonds is 7. The lowest BCUT2D eigenvalue weighted by Gasteiger charge is -2.09. The molecule has 27 heavy (non-hydrogen) atoms. The van der Waals surface area contributed by atoms with Crippen LogP contribution < -0.4 is 14.9 Å². The summed E-state index contributed by atoms with van der Waals surface area (Å²) in [6.45, 7) is 1.49. The monoisotopic (exact) mass is 441 g/mol. The molecule has 12 heteroatoms. The third-order valence-electron chi connectivity index (χ3n) is 3.51. The van der Waals surface area contributed by atoms with Crippen LogP contribution in [-0.2, 0) is 4.79 Å². The molecule has 0 radical (unpaired) electrons. The molecule has 2 aromatic rings. The van der Waals surface area contributed by atoms with E-state index in [1.54, 1.807) is 12.1 Å². The number of phenolic OH excluding ortho intramolecular Hbond substituents is 1. The Morgan fingerprint density at radius 2 is 2.19 bits per heavy atom. The van der Waals surface area contributed by atoms with E-state index < -0.39 is 16.9 Å². The average molecular weight is 442 g/mol. The molecular weight excluding hydrogens is 426 g/mol. The van der Waals surface area contributed by atoms with Gasteiger partial charge < -0.3 is 14.6 Å². The molecule has 0 aliphatic heterocycles. The number of halogens is 1. The van der Waals surface area contributed by atoms with E-state index in [0.717, 1.165) is 10.9 Å². The predicted octanol–water partition coefficient (Wildman–Crippen LogP) is 1.99. The summed E-state index contributed by atoms with van der Waals surface area (Å²) in [6.07, 6.45) is 2.33. The normalized spacial score (nSPS) is 12.0. The standard InChI is InChI=1S/C15H16BrN5O6/c1-8(20-7-11(21(24)25)15(19-20)27-3)14(23)18-17-6-9-4-10(16)5-12(26-2)13(9)22/h4-8,22H,1-3H3,(H,18,23)/t8-/m1/s1.